The molecule has 2 aliphatic rings. The number of amides is 1. The maximum atomic E-state index is 12.5. The van der Waals surface area contributed by atoms with Gasteiger partial charge in [-0.05, 0) is 69.0 Å². The molecule has 0 unspecified atom stereocenters. The highest BCUT2D eigenvalue weighted by atomic mass is 32.2. The minimum atomic E-state index is -3.62. The highest BCUT2D eigenvalue weighted by molar-refractivity contribution is 7.89. The minimum absolute atomic E-state index is 0.0253. The Morgan fingerprint density at radius 1 is 1.19 bits per heavy atom. The van der Waals surface area contributed by atoms with Gasteiger partial charge in [0.1, 0.15) is 5.75 Å². The van der Waals surface area contributed by atoms with Gasteiger partial charge >= 0.3 is 0 Å². The zero-order valence-electron chi connectivity index (χ0n) is 15.8. The van der Waals surface area contributed by atoms with Crippen LogP contribution in [-0.4, -0.2) is 58.6 Å². The number of hydrogen-bond donors (Lipinski definition) is 2. The van der Waals surface area contributed by atoms with Crippen LogP contribution in [0.4, 0.5) is 0 Å². The molecule has 8 heteroatoms. The van der Waals surface area contributed by atoms with Gasteiger partial charge in [-0.15, -0.1) is 0 Å². The van der Waals surface area contributed by atoms with Gasteiger partial charge in [-0.2, -0.15) is 0 Å². The molecule has 2 atom stereocenters. The maximum absolute atomic E-state index is 12.5. The summed E-state index contributed by atoms with van der Waals surface area (Å²) in [5, 5.41) is 3.43. The molecule has 2 N–H and O–H groups in total. The number of fused-ring (bicyclic) bond motifs is 1. The average Bonchev–Trinajstić information content (AvgIpc) is 3.00. The van der Waals surface area contributed by atoms with Crippen LogP contribution < -0.4 is 14.8 Å². The Hall–Kier alpha value is -1.64. The first-order valence-electron chi connectivity index (χ1n) is 9.70. The second kappa shape index (κ2) is 9.03. The SMILES string of the molecule is CCOc1ccc(S(=O)(=O)NCCC(=O)N2CC[C@@H]3CNC[C@@H]3CC2)cc1. The van der Waals surface area contributed by atoms with Crippen molar-refractivity contribution in [2.75, 3.05) is 39.3 Å². The number of sulfonamides is 1. The predicted octanol–water partition coefficient (Wildman–Crippen LogP) is 1.21. The highest BCUT2D eigenvalue weighted by Gasteiger charge is 2.31. The lowest BCUT2D eigenvalue weighted by atomic mass is 9.92. The van der Waals surface area contributed by atoms with Gasteiger partial charge in [0.15, 0.2) is 0 Å². The molecule has 2 aliphatic heterocycles. The number of rotatable bonds is 7. The van der Waals surface area contributed by atoms with Gasteiger partial charge in [-0.3, -0.25) is 4.79 Å². The third kappa shape index (κ3) is 5.21. The molecule has 3 rings (SSSR count). The van der Waals surface area contributed by atoms with Crippen LogP contribution in [0.1, 0.15) is 26.2 Å². The standard InChI is InChI=1S/C19H29N3O4S/c1-2-26-17-3-5-18(6-4-17)27(24,25)21-10-7-19(23)22-11-8-15-13-20-14-16(15)9-12-22/h3-6,15-16,20-21H,2,7-14H2,1H3/t15-,16+. The summed E-state index contributed by atoms with van der Waals surface area (Å²) in [7, 11) is -3.62. The topological polar surface area (TPSA) is 87.7 Å². The molecule has 0 aliphatic carbocycles. The number of benzene rings is 1. The Morgan fingerprint density at radius 2 is 1.81 bits per heavy atom. The molecule has 2 saturated heterocycles. The van der Waals surface area contributed by atoms with Crippen LogP contribution in [0.25, 0.3) is 0 Å². The molecule has 0 aromatic heterocycles. The van der Waals surface area contributed by atoms with Crippen molar-refractivity contribution in [3.63, 3.8) is 0 Å². The molecule has 150 valence electrons. The molecular formula is C19H29N3O4S. The van der Waals surface area contributed by atoms with Gasteiger partial charge in [0, 0.05) is 26.1 Å². The van der Waals surface area contributed by atoms with Crippen molar-refractivity contribution in [2.45, 2.75) is 31.1 Å². The maximum Gasteiger partial charge on any atom is 0.240 e. The lowest BCUT2D eigenvalue weighted by Gasteiger charge is -2.21. The number of carbonyl (C=O) groups is 1. The van der Waals surface area contributed by atoms with Crippen molar-refractivity contribution in [2.24, 2.45) is 11.8 Å². The Kier molecular flexibility index (Phi) is 6.73. The molecule has 1 amide bonds. The van der Waals surface area contributed by atoms with E-state index in [4.69, 9.17) is 4.74 Å². The number of nitrogens with zero attached hydrogens (tertiary/aromatic N) is 1. The second-order valence-electron chi connectivity index (χ2n) is 7.19. The summed E-state index contributed by atoms with van der Waals surface area (Å²) in [5.41, 5.74) is 0. The van der Waals surface area contributed by atoms with E-state index in [0.29, 0.717) is 24.2 Å². The zero-order chi connectivity index (χ0) is 19.3. The summed E-state index contributed by atoms with van der Waals surface area (Å²) < 4.78 is 32.6. The van der Waals surface area contributed by atoms with Crippen molar-refractivity contribution in [1.29, 1.82) is 0 Å². The Labute approximate surface area is 161 Å². The van der Waals surface area contributed by atoms with Gasteiger partial charge in [0.2, 0.25) is 15.9 Å². The third-order valence-corrected chi connectivity index (χ3v) is 6.92. The Balaban J connectivity index is 1.47. The van der Waals surface area contributed by atoms with E-state index in [2.05, 4.69) is 10.0 Å². The first-order chi connectivity index (χ1) is 13.0. The number of nitrogens with one attached hydrogen (secondary N) is 2. The molecule has 2 fully saturated rings. The molecule has 27 heavy (non-hydrogen) atoms. The van der Waals surface area contributed by atoms with Gasteiger partial charge in [-0.1, -0.05) is 0 Å². The molecular weight excluding hydrogens is 366 g/mol. The van der Waals surface area contributed by atoms with Gasteiger partial charge in [0.25, 0.3) is 0 Å². The summed E-state index contributed by atoms with van der Waals surface area (Å²) in [6, 6.07) is 6.28. The van der Waals surface area contributed by atoms with Crippen LogP contribution in [0.3, 0.4) is 0 Å². The normalized spacial score (nSPS) is 22.9. The van der Waals surface area contributed by atoms with Crippen LogP contribution in [0.2, 0.25) is 0 Å². The quantitative estimate of drug-likeness (QED) is 0.725. The van der Waals surface area contributed by atoms with Crippen molar-refractivity contribution >= 4 is 15.9 Å². The van der Waals surface area contributed by atoms with Crippen molar-refractivity contribution < 1.29 is 17.9 Å². The molecule has 7 nitrogen and oxygen atoms in total. The van der Waals surface area contributed by atoms with Crippen LogP contribution in [-0.2, 0) is 14.8 Å². The van der Waals surface area contributed by atoms with Crippen molar-refractivity contribution in [3.05, 3.63) is 24.3 Å². The predicted molar refractivity (Wildman–Crippen MR) is 103 cm³/mol. The van der Waals surface area contributed by atoms with E-state index >= 15 is 0 Å². The minimum Gasteiger partial charge on any atom is -0.494 e. The number of hydrogen-bond acceptors (Lipinski definition) is 5. The van der Waals surface area contributed by atoms with E-state index in [1.807, 2.05) is 11.8 Å². The second-order valence-corrected chi connectivity index (χ2v) is 8.96. The molecule has 0 saturated carbocycles. The highest BCUT2D eigenvalue weighted by Crippen LogP contribution is 2.27. The van der Waals surface area contributed by atoms with E-state index in [9.17, 15) is 13.2 Å². The number of ether oxygens (including phenoxy) is 1. The number of carbonyl (C=O) groups excluding carboxylic acids is 1. The summed E-state index contributed by atoms with van der Waals surface area (Å²) in [4.78, 5) is 14.5. The summed E-state index contributed by atoms with van der Waals surface area (Å²) in [5.74, 6) is 1.99. The van der Waals surface area contributed by atoms with Crippen LogP contribution in [0.5, 0.6) is 5.75 Å². The Bertz CT molecular complexity index is 722. The molecule has 2 heterocycles. The monoisotopic (exact) mass is 395 g/mol. The molecule has 1 aromatic rings. The van der Waals surface area contributed by atoms with E-state index in [0.717, 1.165) is 39.0 Å². The largest absolute Gasteiger partial charge is 0.494 e. The van der Waals surface area contributed by atoms with Crippen LogP contribution in [0, 0.1) is 11.8 Å². The van der Waals surface area contributed by atoms with E-state index in [1.165, 1.54) is 12.1 Å². The fourth-order valence-corrected chi connectivity index (χ4v) is 4.91. The lowest BCUT2D eigenvalue weighted by Crippen LogP contribution is -2.35. The summed E-state index contributed by atoms with van der Waals surface area (Å²) >= 11 is 0. The fourth-order valence-electron chi connectivity index (χ4n) is 3.88. The van der Waals surface area contributed by atoms with Gasteiger partial charge in [0.05, 0.1) is 11.5 Å². The molecule has 0 radical (unpaired) electrons. The fraction of sp³-hybridized carbons (Fsp3) is 0.632. The van der Waals surface area contributed by atoms with E-state index < -0.39 is 10.0 Å². The van der Waals surface area contributed by atoms with Crippen molar-refractivity contribution in [3.8, 4) is 5.75 Å². The van der Waals surface area contributed by atoms with Crippen molar-refractivity contribution in [1.82, 2.24) is 14.9 Å². The third-order valence-electron chi connectivity index (χ3n) is 5.45. The van der Waals surface area contributed by atoms with E-state index in [-0.39, 0.29) is 23.8 Å². The van der Waals surface area contributed by atoms with Crippen LogP contribution in [0.15, 0.2) is 29.2 Å². The van der Waals surface area contributed by atoms with Gasteiger partial charge < -0.3 is 15.0 Å². The molecule has 0 spiro atoms. The first kappa shape index (κ1) is 20.1. The van der Waals surface area contributed by atoms with E-state index in [1.54, 1.807) is 12.1 Å². The average molecular weight is 396 g/mol. The first-order valence-corrected chi connectivity index (χ1v) is 11.2. The smallest absolute Gasteiger partial charge is 0.240 e. The number of likely N-dealkylation sites (tertiary alicyclic amines) is 1. The summed E-state index contributed by atoms with van der Waals surface area (Å²) in [6.07, 6.45) is 2.24. The zero-order valence-corrected chi connectivity index (χ0v) is 16.6. The molecule has 1 aromatic carbocycles. The van der Waals surface area contributed by atoms with Crippen LogP contribution >= 0.6 is 0 Å². The van der Waals surface area contributed by atoms with Gasteiger partial charge in [-0.25, -0.2) is 13.1 Å². The lowest BCUT2D eigenvalue weighted by molar-refractivity contribution is -0.131. The Morgan fingerprint density at radius 3 is 2.41 bits per heavy atom. The molecule has 0 bridgehead atoms. The summed E-state index contributed by atoms with van der Waals surface area (Å²) in [6.45, 7) is 6.15.